The molecular weight excluding hydrogens is 370 g/mol. The van der Waals surface area contributed by atoms with Crippen LogP contribution in [-0.2, 0) is 10.0 Å². The molecule has 2 aromatic rings. The van der Waals surface area contributed by atoms with Crippen molar-refractivity contribution in [3.05, 3.63) is 51.9 Å². The fourth-order valence-corrected chi connectivity index (χ4v) is 4.34. The lowest BCUT2D eigenvalue weighted by molar-refractivity contribution is -0.387. The molecule has 0 saturated carbocycles. The fourth-order valence-electron chi connectivity index (χ4n) is 2.62. The number of nitro benzene ring substituents is 1. The number of hydrogen-bond acceptors (Lipinski definition) is 7. The standard InChI is InChI=1S/C14H14ClN5O4S/c15-13-9-14(17-10-16-13)18-5-7-19(8-6-18)25(23,24)12-4-2-1-3-11(12)20(21)22/h1-4,9-10H,5-8H2. The first-order valence-corrected chi connectivity index (χ1v) is 9.17. The molecule has 1 aliphatic rings. The maximum absolute atomic E-state index is 12.8. The van der Waals surface area contributed by atoms with Gasteiger partial charge in [-0.15, -0.1) is 0 Å². The first-order valence-electron chi connectivity index (χ1n) is 7.35. The zero-order valence-corrected chi connectivity index (χ0v) is 14.5. The van der Waals surface area contributed by atoms with Gasteiger partial charge in [-0.3, -0.25) is 10.1 Å². The average Bonchev–Trinajstić information content (AvgIpc) is 2.62. The summed E-state index contributed by atoms with van der Waals surface area (Å²) in [5.74, 6) is 0.614. The third-order valence-corrected chi connectivity index (χ3v) is 6.01. The van der Waals surface area contributed by atoms with Gasteiger partial charge in [-0.1, -0.05) is 23.7 Å². The summed E-state index contributed by atoms with van der Waals surface area (Å²) < 4.78 is 26.8. The number of hydrogen-bond donors (Lipinski definition) is 0. The summed E-state index contributed by atoms with van der Waals surface area (Å²) in [4.78, 5) is 19.9. The Morgan fingerprint density at radius 1 is 1.12 bits per heavy atom. The highest BCUT2D eigenvalue weighted by Crippen LogP contribution is 2.27. The predicted octanol–water partition coefficient (Wildman–Crippen LogP) is 1.55. The Morgan fingerprint density at radius 3 is 2.44 bits per heavy atom. The molecule has 1 aromatic carbocycles. The molecule has 0 radical (unpaired) electrons. The lowest BCUT2D eigenvalue weighted by atomic mass is 10.3. The summed E-state index contributed by atoms with van der Waals surface area (Å²) in [6, 6.07) is 6.96. The predicted molar refractivity (Wildman–Crippen MR) is 91.1 cm³/mol. The summed E-state index contributed by atoms with van der Waals surface area (Å²) in [7, 11) is -3.95. The largest absolute Gasteiger partial charge is 0.354 e. The molecule has 0 amide bonds. The molecule has 3 rings (SSSR count). The maximum atomic E-state index is 12.8. The molecule has 1 aromatic heterocycles. The van der Waals surface area contributed by atoms with Crippen molar-refractivity contribution < 1.29 is 13.3 Å². The Hall–Kier alpha value is -2.30. The van der Waals surface area contributed by atoms with E-state index in [0.717, 1.165) is 0 Å². The minimum Gasteiger partial charge on any atom is -0.354 e. The number of halogens is 1. The lowest BCUT2D eigenvalue weighted by Crippen LogP contribution is -2.49. The van der Waals surface area contributed by atoms with Crippen LogP contribution >= 0.6 is 11.6 Å². The smallest absolute Gasteiger partial charge is 0.289 e. The van der Waals surface area contributed by atoms with Crippen LogP contribution in [0.3, 0.4) is 0 Å². The number of para-hydroxylation sites is 1. The molecule has 11 heteroatoms. The third-order valence-electron chi connectivity index (χ3n) is 3.86. The molecule has 1 fully saturated rings. The van der Waals surface area contributed by atoms with Gasteiger partial charge in [0.15, 0.2) is 4.90 Å². The van der Waals surface area contributed by atoms with Crippen LogP contribution in [0.25, 0.3) is 0 Å². The van der Waals surface area contributed by atoms with Gasteiger partial charge >= 0.3 is 0 Å². The Balaban J connectivity index is 1.79. The summed E-state index contributed by atoms with van der Waals surface area (Å²) in [6.07, 6.45) is 1.34. The highest BCUT2D eigenvalue weighted by molar-refractivity contribution is 7.89. The second-order valence-corrected chi connectivity index (χ2v) is 7.61. The second kappa shape index (κ2) is 6.90. The number of aromatic nitrogens is 2. The minimum atomic E-state index is -3.95. The Labute approximate surface area is 149 Å². The fraction of sp³-hybridized carbons (Fsp3) is 0.286. The first kappa shape index (κ1) is 17.5. The van der Waals surface area contributed by atoms with Gasteiger partial charge in [-0.05, 0) is 6.07 Å². The highest BCUT2D eigenvalue weighted by Gasteiger charge is 2.33. The average molecular weight is 384 g/mol. The van der Waals surface area contributed by atoms with Gasteiger partial charge in [0.05, 0.1) is 4.92 Å². The van der Waals surface area contributed by atoms with Gasteiger partial charge in [0, 0.05) is 38.3 Å². The molecule has 0 unspecified atom stereocenters. The van der Waals surface area contributed by atoms with E-state index in [0.29, 0.717) is 24.1 Å². The summed E-state index contributed by atoms with van der Waals surface area (Å²) in [5.41, 5.74) is -0.424. The van der Waals surface area contributed by atoms with Crippen LogP contribution in [0, 0.1) is 10.1 Å². The molecule has 0 aliphatic carbocycles. The molecule has 0 bridgehead atoms. The number of nitrogens with zero attached hydrogens (tertiary/aromatic N) is 5. The normalized spacial score (nSPS) is 16.0. The molecule has 25 heavy (non-hydrogen) atoms. The Kier molecular flexibility index (Phi) is 4.84. The Morgan fingerprint density at radius 2 is 1.80 bits per heavy atom. The van der Waals surface area contributed by atoms with Gasteiger partial charge in [0.1, 0.15) is 17.3 Å². The van der Waals surface area contributed by atoms with Crippen LogP contribution < -0.4 is 4.90 Å². The van der Waals surface area contributed by atoms with Gasteiger partial charge in [0.25, 0.3) is 5.69 Å². The number of nitro groups is 1. The van der Waals surface area contributed by atoms with E-state index >= 15 is 0 Å². The lowest BCUT2D eigenvalue weighted by Gasteiger charge is -2.34. The van der Waals surface area contributed by atoms with E-state index in [1.807, 2.05) is 4.90 Å². The summed E-state index contributed by atoms with van der Waals surface area (Å²) in [5, 5.41) is 11.4. The van der Waals surface area contributed by atoms with Crippen molar-refractivity contribution in [2.45, 2.75) is 4.90 Å². The molecule has 0 atom stereocenters. The number of rotatable bonds is 4. The quantitative estimate of drug-likeness (QED) is 0.447. The van der Waals surface area contributed by atoms with Crippen molar-refractivity contribution in [3.8, 4) is 0 Å². The van der Waals surface area contributed by atoms with E-state index in [9.17, 15) is 18.5 Å². The second-order valence-electron chi connectivity index (χ2n) is 5.31. The van der Waals surface area contributed by atoms with E-state index in [2.05, 4.69) is 9.97 Å². The van der Waals surface area contributed by atoms with E-state index in [1.54, 1.807) is 6.07 Å². The van der Waals surface area contributed by atoms with Gasteiger partial charge in [0.2, 0.25) is 10.0 Å². The van der Waals surface area contributed by atoms with Crippen LogP contribution in [0.15, 0.2) is 41.6 Å². The van der Waals surface area contributed by atoms with Gasteiger partial charge < -0.3 is 4.90 Å². The molecule has 0 spiro atoms. The van der Waals surface area contributed by atoms with Crippen LogP contribution in [-0.4, -0.2) is 53.8 Å². The zero-order valence-electron chi connectivity index (χ0n) is 12.9. The van der Waals surface area contributed by atoms with Crippen molar-refractivity contribution in [3.63, 3.8) is 0 Å². The van der Waals surface area contributed by atoms with Gasteiger partial charge in [-0.25, -0.2) is 18.4 Å². The molecule has 0 N–H and O–H groups in total. The van der Waals surface area contributed by atoms with Gasteiger partial charge in [-0.2, -0.15) is 4.31 Å². The number of anilines is 1. The Bertz CT molecular complexity index is 900. The molecular formula is C14H14ClN5O4S. The van der Waals surface area contributed by atoms with Crippen molar-refractivity contribution in [1.82, 2.24) is 14.3 Å². The van der Waals surface area contributed by atoms with E-state index in [1.165, 1.54) is 34.9 Å². The molecule has 1 aliphatic heterocycles. The third kappa shape index (κ3) is 3.55. The van der Waals surface area contributed by atoms with E-state index < -0.39 is 20.6 Å². The maximum Gasteiger partial charge on any atom is 0.289 e. The minimum absolute atomic E-state index is 0.190. The van der Waals surface area contributed by atoms with Crippen molar-refractivity contribution in [1.29, 1.82) is 0 Å². The van der Waals surface area contributed by atoms with Crippen LogP contribution in [0.1, 0.15) is 0 Å². The first-order chi connectivity index (χ1) is 11.9. The van der Waals surface area contributed by atoms with Crippen molar-refractivity contribution in [2.24, 2.45) is 0 Å². The zero-order chi connectivity index (χ0) is 18.0. The topological polar surface area (TPSA) is 110 Å². The number of piperazine rings is 1. The van der Waals surface area contributed by atoms with Crippen molar-refractivity contribution in [2.75, 3.05) is 31.1 Å². The SMILES string of the molecule is O=[N+]([O-])c1ccccc1S(=O)(=O)N1CCN(c2cc(Cl)ncn2)CC1. The monoisotopic (exact) mass is 383 g/mol. The molecule has 132 valence electrons. The van der Waals surface area contributed by atoms with Crippen LogP contribution in [0.5, 0.6) is 0 Å². The van der Waals surface area contributed by atoms with E-state index in [-0.39, 0.29) is 18.0 Å². The van der Waals surface area contributed by atoms with E-state index in [4.69, 9.17) is 11.6 Å². The van der Waals surface area contributed by atoms with Crippen LogP contribution in [0.2, 0.25) is 5.15 Å². The highest BCUT2D eigenvalue weighted by atomic mass is 35.5. The summed E-state index contributed by atoms with van der Waals surface area (Å²) in [6.45, 7) is 1.17. The number of benzene rings is 1. The molecule has 1 saturated heterocycles. The summed E-state index contributed by atoms with van der Waals surface area (Å²) >= 11 is 5.84. The number of sulfonamides is 1. The van der Waals surface area contributed by atoms with Crippen LogP contribution in [0.4, 0.5) is 11.5 Å². The molecule has 9 nitrogen and oxygen atoms in total. The van der Waals surface area contributed by atoms with Crippen molar-refractivity contribution >= 4 is 33.1 Å². The molecule has 2 heterocycles.